The number of nitrogens with one attached hydrogen (secondary N) is 1. The van der Waals surface area contributed by atoms with Gasteiger partial charge in [0.25, 0.3) is 0 Å². The van der Waals surface area contributed by atoms with E-state index < -0.39 is 5.82 Å². The number of hydrogen-bond donors (Lipinski definition) is 1. The van der Waals surface area contributed by atoms with Gasteiger partial charge in [0.05, 0.1) is 18.7 Å². The minimum absolute atomic E-state index is 0.360. The van der Waals surface area contributed by atoms with Crippen molar-refractivity contribution in [3.8, 4) is 11.5 Å². The predicted molar refractivity (Wildman–Crippen MR) is 91.3 cm³/mol. The molecule has 6 heteroatoms. The van der Waals surface area contributed by atoms with Crippen molar-refractivity contribution < 1.29 is 18.7 Å². The van der Waals surface area contributed by atoms with Gasteiger partial charge in [-0.25, -0.2) is 4.39 Å². The van der Waals surface area contributed by atoms with Crippen LogP contribution in [-0.2, 0) is 4.79 Å². The summed E-state index contributed by atoms with van der Waals surface area (Å²) in [6, 6.07) is 9.25. The maximum absolute atomic E-state index is 13.1. The number of amides is 1. The minimum atomic E-state index is -0.407. The van der Waals surface area contributed by atoms with Crippen LogP contribution >= 0.6 is 15.9 Å². The number of carbonyl (C=O) groups excluding carboxylic acids is 1. The van der Waals surface area contributed by atoms with Crippen LogP contribution in [0.4, 0.5) is 10.1 Å². The van der Waals surface area contributed by atoms with Crippen LogP contribution < -0.4 is 14.8 Å². The number of rotatable bonds is 5. The lowest BCUT2D eigenvalue weighted by Crippen LogP contribution is -2.07. The molecule has 0 aliphatic carbocycles. The second-order valence-corrected chi connectivity index (χ2v) is 5.43. The van der Waals surface area contributed by atoms with Crippen LogP contribution in [0.2, 0.25) is 0 Å². The Morgan fingerprint density at radius 1 is 1.22 bits per heavy atom. The van der Waals surface area contributed by atoms with Crippen molar-refractivity contribution in [2.45, 2.75) is 0 Å². The average Bonchev–Trinajstić information content (AvgIpc) is 2.52. The molecule has 1 N–H and O–H groups in total. The summed E-state index contributed by atoms with van der Waals surface area (Å²) in [6.45, 7) is 0. The fraction of sp³-hybridized carbons (Fsp3) is 0.118. The molecule has 0 aromatic heterocycles. The molecule has 0 saturated carbocycles. The molecule has 2 rings (SSSR count). The van der Waals surface area contributed by atoms with E-state index in [1.165, 1.54) is 31.4 Å². The van der Waals surface area contributed by atoms with E-state index in [0.717, 1.165) is 5.56 Å². The lowest BCUT2D eigenvalue weighted by molar-refractivity contribution is -0.111. The van der Waals surface area contributed by atoms with Gasteiger partial charge in [0.15, 0.2) is 11.5 Å². The normalized spacial score (nSPS) is 10.6. The first kappa shape index (κ1) is 17.0. The van der Waals surface area contributed by atoms with Crippen molar-refractivity contribution in [2.24, 2.45) is 0 Å². The summed E-state index contributed by atoms with van der Waals surface area (Å²) in [5.74, 6) is 0.359. The molecule has 23 heavy (non-hydrogen) atoms. The van der Waals surface area contributed by atoms with Crippen LogP contribution in [-0.4, -0.2) is 20.1 Å². The summed E-state index contributed by atoms with van der Waals surface area (Å²) in [6.07, 6.45) is 2.99. The van der Waals surface area contributed by atoms with Gasteiger partial charge in [0, 0.05) is 11.8 Å². The highest BCUT2D eigenvalue weighted by atomic mass is 79.9. The highest BCUT2D eigenvalue weighted by Gasteiger charge is 2.09. The molecule has 0 heterocycles. The number of benzene rings is 2. The summed E-state index contributed by atoms with van der Waals surface area (Å²) in [5, 5.41) is 2.59. The number of methoxy groups -OCH3 is 2. The van der Waals surface area contributed by atoms with Gasteiger partial charge in [-0.3, -0.25) is 4.79 Å². The second-order valence-electron chi connectivity index (χ2n) is 4.57. The third-order valence-electron chi connectivity index (χ3n) is 2.98. The number of halogens is 2. The van der Waals surface area contributed by atoms with E-state index in [1.54, 1.807) is 31.4 Å². The van der Waals surface area contributed by atoms with Gasteiger partial charge in [-0.2, -0.15) is 0 Å². The van der Waals surface area contributed by atoms with Gasteiger partial charge in [-0.15, -0.1) is 0 Å². The Labute approximate surface area is 142 Å². The zero-order valence-electron chi connectivity index (χ0n) is 12.6. The van der Waals surface area contributed by atoms with Crippen molar-refractivity contribution in [3.63, 3.8) is 0 Å². The largest absolute Gasteiger partial charge is 0.493 e. The summed E-state index contributed by atoms with van der Waals surface area (Å²) < 4.78 is 24.2. The Morgan fingerprint density at radius 3 is 2.65 bits per heavy atom. The highest BCUT2D eigenvalue weighted by molar-refractivity contribution is 9.10. The van der Waals surface area contributed by atoms with E-state index in [0.29, 0.717) is 21.7 Å². The Balaban J connectivity index is 2.13. The third-order valence-corrected chi connectivity index (χ3v) is 3.56. The first-order chi connectivity index (χ1) is 11.0. The second kappa shape index (κ2) is 7.78. The lowest BCUT2D eigenvalue weighted by atomic mass is 10.2. The molecule has 0 fully saturated rings. The molecule has 120 valence electrons. The summed E-state index contributed by atoms with van der Waals surface area (Å²) >= 11 is 3.39. The maximum atomic E-state index is 13.1. The van der Waals surface area contributed by atoms with E-state index in [-0.39, 0.29) is 5.91 Å². The van der Waals surface area contributed by atoms with Crippen LogP contribution in [0.15, 0.2) is 46.9 Å². The van der Waals surface area contributed by atoms with Crippen LogP contribution in [0, 0.1) is 5.82 Å². The first-order valence-electron chi connectivity index (χ1n) is 6.69. The summed E-state index contributed by atoms with van der Waals surface area (Å²) in [4.78, 5) is 11.9. The first-order valence-corrected chi connectivity index (χ1v) is 7.49. The Morgan fingerprint density at radius 2 is 2.00 bits per heavy atom. The molecule has 0 spiro atoms. The summed E-state index contributed by atoms with van der Waals surface area (Å²) in [5.41, 5.74) is 1.15. The quantitative estimate of drug-likeness (QED) is 0.789. The van der Waals surface area contributed by atoms with Gasteiger partial charge in [-0.05, 0) is 57.9 Å². The molecular weight excluding hydrogens is 365 g/mol. The van der Waals surface area contributed by atoms with Crippen molar-refractivity contribution in [1.82, 2.24) is 0 Å². The molecule has 0 aliphatic rings. The van der Waals surface area contributed by atoms with Crippen molar-refractivity contribution >= 4 is 33.6 Å². The van der Waals surface area contributed by atoms with E-state index in [2.05, 4.69) is 21.2 Å². The van der Waals surface area contributed by atoms with Crippen LogP contribution in [0.3, 0.4) is 0 Å². The smallest absolute Gasteiger partial charge is 0.248 e. The van der Waals surface area contributed by atoms with Gasteiger partial charge >= 0.3 is 0 Å². The van der Waals surface area contributed by atoms with Crippen molar-refractivity contribution in [3.05, 3.63) is 58.3 Å². The topological polar surface area (TPSA) is 47.6 Å². The Bertz CT molecular complexity index is 747. The number of ether oxygens (including phenoxy) is 2. The van der Waals surface area contributed by atoms with Gasteiger partial charge in [0.1, 0.15) is 5.82 Å². The van der Waals surface area contributed by atoms with Crippen LogP contribution in [0.25, 0.3) is 6.08 Å². The fourth-order valence-electron chi connectivity index (χ4n) is 1.96. The van der Waals surface area contributed by atoms with Crippen molar-refractivity contribution in [2.75, 3.05) is 19.5 Å². The monoisotopic (exact) mass is 379 g/mol. The molecule has 0 atom stereocenters. The van der Waals surface area contributed by atoms with Gasteiger partial charge in [0.2, 0.25) is 5.91 Å². The highest BCUT2D eigenvalue weighted by Crippen LogP contribution is 2.36. The molecule has 2 aromatic carbocycles. The molecule has 1 amide bonds. The molecule has 4 nitrogen and oxygen atoms in total. The summed E-state index contributed by atoms with van der Waals surface area (Å²) in [7, 11) is 3.08. The molecule has 0 radical (unpaired) electrons. The minimum Gasteiger partial charge on any atom is -0.493 e. The standard InChI is InChI=1S/C17H15BrFNO3/c1-22-15-9-11(8-14(18)17(15)23-2)6-7-16(21)20-13-5-3-4-12(19)10-13/h3-10H,1-2H3,(H,20,21). The number of anilines is 1. The zero-order valence-corrected chi connectivity index (χ0v) is 14.2. The third kappa shape index (κ3) is 4.56. The SMILES string of the molecule is COc1cc(C=CC(=O)Nc2cccc(F)c2)cc(Br)c1OC. The maximum Gasteiger partial charge on any atom is 0.248 e. The van der Waals surface area contributed by atoms with E-state index >= 15 is 0 Å². The van der Waals surface area contributed by atoms with Gasteiger partial charge in [-0.1, -0.05) is 6.07 Å². The Kier molecular flexibility index (Phi) is 5.76. The molecular formula is C17H15BrFNO3. The zero-order chi connectivity index (χ0) is 16.8. The average molecular weight is 380 g/mol. The van der Waals surface area contributed by atoms with Gasteiger partial charge < -0.3 is 14.8 Å². The van der Waals surface area contributed by atoms with E-state index in [9.17, 15) is 9.18 Å². The van der Waals surface area contributed by atoms with E-state index in [1.807, 2.05) is 0 Å². The molecule has 0 bridgehead atoms. The van der Waals surface area contributed by atoms with Crippen molar-refractivity contribution in [1.29, 1.82) is 0 Å². The number of hydrogen-bond acceptors (Lipinski definition) is 3. The Hall–Kier alpha value is -2.34. The van der Waals surface area contributed by atoms with Crippen LogP contribution in [0.5, 0.6) is 11.5 Å². The van der Waals surface area contributed by atoms with Crippen LogP contribution in [0.1, 0.15) is 5.56 Å². The fourth-order valence-corrected chi connectivity index (χ4v) is 2.58. The van der Waals surface area contributed by atoms with E-state index in [4.69, 9.17) is 9.47 Å². The molecule has 0 aliphatic heterocycles. The molecule has 0 saturated heterocycles. The molecule has 0 unspecified atom stereocenters. The molecule has 2 aromatic rings. The lowest BCUT2D eigenvalue weighted by Gasteiger charge is -2.10. The predicted octanol–water partition coefficient (Wildman–Crippen LogP) is 4.26. The number of carbonyl (C=O) groups is 1.